The second-order valence-electron chi connectivity index (χ2n) is 3.90. The van der Waals surface area contributed by atoms with Gasteiger partial charge in [-0.2, -0.15) is 0 Å². The molecule has 0 unspecified atom stereocenters. The number of fused-ring (bicyclic) bond motifs is 1. The van der Waals surface area contributed by atoms with Gasteiger partial charge in [0.05, 0.1) is 0 Å². The summed E-state index contributed by atoms with van der Waals surface area (Å²) in [6.45, 7) is 9.74. The van der Waals surface area contributed by atoms with E-state index in [1.807, 2.05) is 33.8 Å². The van der Waals surface area contributed by atoms with E-state index < -0.39 is 0 Å². The van der Waals surface area contributed by atoms with Crippen molar-refractivity contribution < 1.29 is 4.39 Å². The van der Waals surface area contributed by atoms with Crippen molar-refractivity contribution in [2.45, 2.75) is 46.7 Å². The zero-order valence-electron chi connectivity index (χ0n) is 10.0. The van der Waals surface area contributed by atoms with Crippen LogP contribution in [0.4, 0.5) is 4.39 Å². The maximum atomic E-state index is 13.5. The second kappa shape index (κ2) is 5.26. The molecule has 0 amide bonds. The molecule has 0 saturated carbocycles. The monoisotopic (exact) mass is 209 g/mol. The van der Waals surface area contributed by atoms with Crippen molar-refractivity contribution in [1.82, 2.24) is 5.32 Å². The molecule has 0 aromatic heterocycles. The van der Waals surface area contributed by atoms with Gasteiger partial charge in [-0.1, -0.05) is 33.8 Å². The summed E-state index contributed by atoms with van der Waals surface area (Å²) in [5.74, 6) is 0.211. The molecule has 0 saturated heterocycles. The Bertz CT molecular complexity index is 332. The van der Waals surface area contributed by atoms with E-state index in [-0.39, 0.29) is 11.7 Å². The SMILES string of the molecule is CC.CC(C)c1cc2c(cc1F)CNC2. The summed E-state index contributed by atoms with van der Waals surface area (Å²) < 4.78 is 13.5. The lowest BCUT2D eigenvalue weighted by Crippen LogP contribution is -1.99. The van der Waals surface area contributed by atoms with Gasteiger partial charge >= 0.3 is 0 Å². The van der Waals surface area contributed by atoms with Crippen LogP contribution in [0.3, 0.4) is 0 Å². The molecular weight excluding hydrogens is 189 g/mol. The molecule has 1 N–H and O–H groups in total. The summed E-state index contributed by atoms with van der Waals surface area (Å²) >= 11 is 0. The minimum Gasteiger partial charge on any atom is -0.309 e. The summed E-state index contributed by atoms with van der Waals surface area (Å²) in [6, 6.07) is 3.67. The lowest BCUT2D eigenvalue weighted by molar-refractivity contribution is 0.596. The van der Waals surface area contributed by atoms with Crippen molar-refractivity contribution in [2.75, 3.05) is 0 Å². The fourth-order valence-corrected chi connectivity index (χ4v) is 1.78. The largest absolute Gasteiger partial charge is 0.309 e. The highest BCUT2D eigenvalue weighted by Gasteiger charge is 2.15. The predicted octanol–water partition coefficient (Wildman–Crippen LogP) is 3.58. The van der Waals surface area contributed by atoms with Crippen LogP contribution in [0.1, 0.15) is 50.3 Å². The number of hydrogen-bond donors (Lipinski definition) is 1. The molecule has 2 rings (SSSR count). The van der Waals surface area contributed by atoms with Crippen LogP contribution in [-0.4, -0.2) is 0 Å². The lowest BCUT2D eigenvalue weighted by Gasteiger charge is -2.09. The average Bonchev–Trinajstić information content (AvgIpc) is 2.66. The summed E-state index contributed by atoms with van der Waals surface area (Å²) in [5.41, 5.74) is 3.20. The zero-order valence-corrected chi connectivity index (χ0v) is 10.0. The van der Waals surface area contributed by atoms with Gasteiger partial charge in [0.2, 0.25) is 0 Å². The van der Waals surface area contributed by atoms with E-state index in [4.69, 9.17) is 0 Å². The van der Waals surface area contributed by atoms with Gasteiger partial charge in [0, 0.05) is 13.1 Å². The highest BCUT2D eigenvalue weighted by Crippen LogP contribution is 2.25. The standard InChI is InChI=1S/C11H14FN.C2H6/c1-7(2)10-3-8-5-13-6-9(8)4-11(10)12;1-2/h3-4,7,13H,5-6H2,1-2H3;1-2H3. The summed E-state index contributed by atoms with van der Waals surface area (Å²) in [6.07, 6.45) is 0. The maximum Gasteiger partial charge on any atom is 0.127 e. The minimum absolute atomic E-state index is 0.0579. The highest BCUT2D eigenvalue weighted by molar-refractivity contribution is 5.36. The van der Waals surface area contributed by atoms with Crippen LogP contribution >= 0.6 is 0 Å². The van der Waals surface area contributed by atoms with Crippen molar-refractivity contribution in [3.05, 3.63) is 34.6 Å². The van der Waals surface area contributed by atoms with Crippen LogP contribution in [0, 0.1) is 5.82 Å². The first-order valence-corrected chi connectivity index (χ1v) is 5.70. The maximum absolute atomic E-state index is 13.5. The van der Waals surface area contributed by atoms with Crippen LogP contribution in [0.15, 0.2) is 12.1 Å². The Morgan fingerprint density at radius 1 is 1.13 bits per heavy atom. The molecule has 1 aliphatic heterocycles. The number of benzene rings is 1. The third-order valence-corrected chi connectivity index (χ3v) is 2.57. The summed E-state index contributed by atoms with van der Waals surface area (Å²) in [7, 11) is 0. The molecule has 0 aliphatic carbocycles. The molecule has 84 valence electrons. The first-order chi connectivity index (χ1) is 7.18. The Balaban J connectivity index is 0.000000531. The third-order valence-electron chi connectivity index (χ3n) is 2.57. The summed E-state index contributed by atoms with van der Waals surface area (Å²) in [4.78, 5) is 0. The topological polar surface area (TPSA) is 12.0 Å². The Morgan fingerprint density at radius 2 is 1.67 bits per heavy atom. The molecule has 1 nitrogen and oxygen atoms in total. The number of hydrogen-bond acceptors (Lipinski definition) is 1. The molecule has 15 heavy (non-hydrogen) atoms. The minimum atomic E-state index is -0.0579. The van der Waals surface area contributed by atoms with E-state index in [1.54, 1.807) is 6.07 Å². The fraction of sp³-hybridized carbons (Fsp3) is 0.538. The van der Waals surface area contributed by atoms with Crippen LogP contribution in [0.5, 0.6) is 0 Å². The van der Waals surface area contributed by atoms with Crippen molar-refractivity contribution >= 4 is 0 Å². The van der Waals surface area contributed by atoms with E-state index in [9.17, 15) is 4.39 Å². The quantitative estimate of drug-likeness (QED) is 0.745. The number of rotatable bonds is 1. The first kappa shape index (κ1) is 12.2. The number of nitrogens with one attached hydrogen (secondary N) is 1. The van der Waals surface area contributed by atoms with Gasteiger partial charge in [0.1, 0.15) is 5.82 Å². The van der Waals surface area contributed by atoms with Gasteiger partial charge in [0.25, 0.3) is 0 Å². The van der Waals surface area contributed by atoms with Crippen LogP contribution in [0.25, 0.3) is 0 Å². The molecule has 1 aliphatic rings. The summed E-state index contributed by atoms with van der Waals surface area (Å²) in [5, 5.41) is 3.21. The van der Waals surface area contributed by atoms with Gasteiger partial charge in [0.15, 0.2) is 0 Å². The normalized spacial score (nSPS) is 13.5. The fourth-order valence-electron chi connectivity index (χ4n) is 1.78. The Labute approximate surface area is 91.7 Å². The molecule has 1 aromatic rings. The predicted molar refractivity (Wildman–Crippen MR) is 62.4 cm³/mol. The van der Waals surface area contributed by atoms with E-state index in [0.717, 1.165) is 24.2 Å². The van der Waals surface area contributed by atoms with Crippen molar-refractivity contribution in [2.24, 2.45) is 0 Å². The molecular formula is C13H20FN. The molecule has 1 aromatic carbocycles. The van der Waals surface area contributed by atoms with Crippen LogP contribution < -0.4 is 5.32 Å². The van der Waals surface area contributed by atoms with E-state index in [2.05, 4.69) is 5.32 Å². The molecule has 2 heteroatoms. The van der Waals surface area contributed by atoms with Crippen LogP contribution in [-0.2, 0) is 13.1 Å². The van der Waals surface area contributed by atoms with Crippen molar-refractivity contribution in [1.29, 1.82) is 0 Å². The van der Waals surface area contributed by atoms with Gasteiger partial charge in [-0.15, -0.1) is 0 Å². The lowest BCUT2D eigenvalue weighted by atomic mass is 9.98. The second-order valence-corrected chi connectivity index (χ2v) is 3.90. The number of halogens is 1. The van der Waals surface area contributed by atoms with Crippen LogP contribution in [0.2, 0.25) is 0 Å². The Kier molecular flexibility index (Phi) is 4.28. The molecule has 1 heterocycles. The van der Waals surface area contributed by atoms with E-state index >= 15 is 0 Å². The molecule has 0 fully saturated rings. The zero-order chi connectivity index (χ0) is 11.4. The highest BCUT2D eigenvalue weighted by atomic mass is 19.1. The Morgan fingerprint density at radius 3 is 2.20 bits per heavy atom. The molecule has 0 spiro atoms. The van der Waals surface area contributed by atoms with Crippen molar-refractivity contribution in [3.63, 3.8) is 0 Å². The van der Waals surface area contributed by atoms with Gasteiger partial charge in [-0.3, -0.25) is 0 Å². The average molecular weight is 209 g/mol. The van der Waals surface area contributed by atoms with E-state index in [1.165, 1.54) is 5.56 Å². The van der Waals surface area contributed by atoms with E-state index in [0.29, 0.717) is 0 Å². The Hall–Kier alpha value is -0.890. The molecule has 0 radical (unpaired) electrons. The van der Waals surface area contributed by atoms with Gasteiger partial charge in [-0.25, -0.2) is 4.39 Å². The smallest absolute Gasteiger partial charge is 0.127 e. The van der Waals surface area contributed by atoms with Gasteiger partial charge in [-0.05, 0) is 28.7 Å². The van der Waals surface area contributed by atoms with Gasteiger partial charge < -0.3 is 5.32 Å². The van der Waals surface area contributed by atoms with Crippen molar-refractivity contribution in [3.8, 4) is 0 Å². The third kappa shape index (κ3) is 2.57. The first-order valence-electron chi connectivity index (χ1n) is 5.70. The molecule has 0 bridgehead atoms. The molecule has 0 atom stereocenters.